The van der Waals surface area contributed by atoms with Crippen molar-refractivity contribution in [2.24, 2.45) is 5.92 Å². The molecule has 0 bridgehead atoms. The van der Waals surface area contributed by atoms with E-state index in [4.69, 9.17) is 0 Å². The SMILES string of the molecule is Cc1ccccc1CC(CO)CNC(C)c1ccccc1C. The molecular weight excluding hydrogens is 270 g/mol. The topological polar surface area (TPSA) is 32.3 Å². The molecule has 0 spiro atoms. The summed E-state index contributed by atoms with van der Waals surface area (Å²) in [5.41, 5.74) is 5.26. The highest BCUT2D eigenvalue weighted by molar-refractivity contribution is 5.28. The van der Waals surface area contributed by atoms with Crippen LogP contribution in [0.4, 0.5) is 0 Å². The molecule has 0 amide bonds. The predicted molar refractivity (Wildman–Crippen MR) is 93.1 cm³/mol. The van der Waals surface area contributed by atoms with Gasteiger partial charge >= 0.3 is 0 Å². The fourth-order valence-electron chi connectivity index (χ4n) is 2.88. The molecule has 0 fully saturated rings. The number of aliphatic hydroxyl groups excluding tert-OH is 1. The molecule has 118 valence electrons. The van der Waals surface area contributed by atoms with Gasteiger partial charge in [0.2, 0.25) is 0 Å². The largest absolute Gasteiger partial charge is 0.396 e. The third-order valence-electron chi connectivity index (χ3n) is 4.40. The first-order valence-electron chi connectivity index (χ1n) is 8.06. The monoisotopic (exact) mass is 297 g/mol. The summed E-state index contributed by atoms with van der Waals surface area (Å²) >= 11 is 0. The van der Waals surface area contributed by atoms with Gasteiger partial charge in [0.15, 0.2) is 0 Å². The Hall–Kier alpha value is -1.64. The van der Waals surface area contributed by atoms with Crippen LogP contribution in [0, 0.1) is 19.8 Å². The summed E-state index contributed by atoms with van der Waals surface area (Å²) in [5.74, 6) is 0.243. The zero-order valence-electron chi connectivity index (χ0n) is 13.8. The van der Waals surface area contributed by atoms with Crippen molar-refractivity contribution in [1.29, 1.82) is 0 Å². The molecule has 0 aliphatic rings. The van der Waals surface area contributed by atoms with E-state index in [2.05, 4.69) is 74.6 Å². The maximum absolute atomic E-state index is 9.68. The predicted octanol–water partition coefficient (Wildman–Crippen LogP) is 3.81. The van der Waals surface area contributed by atoms with E-state index in [9.17, 15) is 5.11 Å². The van der Waals surface area contributed by atoms with Crippen molar-refractivity contribution in [2.75, 3.05) is 13.2 Å². The summed E-state index contributed by atoms with van der Waals surface area (Å²) in [7, 11) is 0. The quantitative estimate of drug-likeness (QED) is 0.814. The van der Waals surface area contributed by atoms with Gasteiger partial charge in [-0.05, 0) is 55.4 Å². The van der Waals surface area contributed by atoms with Crippen molar-refractivity contribution >= 4 is 0 Å². The molecule has 2 rings (SSSR count). The summed E-state index contributed by atoms with van der Waals surface area (Å²) in [6.07, 6.45) is 0.913. The van der Waals surface area contributed by atoms with E-state index in [-0.39, 0.29) is 12.5 Å². The third-order valence-corrected chi connectivity index (χ3v) is 4.40. The van der Waals surface area contributed by atoms with Gasteiger partial charge in [-0.2, -0.15) is 0 Å². The molecule has 2 heteroatoms. The average molecular weight is 297 g/mol. The van der Waals surface area contributed by atoms with Gasteiger partial charge in [-0.1, -0.05) is 48.5 Å². The molecule has 22 heavy (non-hydrogen) atoms. The Kier molecular flexibility index (Phi) is 6.17. The van der Waals surface area contributed by atoms with E-state index in [0.717, 1.165) is 13.0 Å². The molecule has 0 aliphatic carbocycles. The van der Waals surface area contributed by atoms with Crippen LogP contribution in [0.3, 0.4) is 0 Å². The van der Waals surface area contributed by atoms with Crippen LogP contribution in [0.15, 0.2) is 48.5 Å². The number of aliphatic hydroxyl groups is 1. The van der Waals surface area contributed by atoms with Gasteiger partial charge in [0, 0.05) is 19.2 Å². The van der Waals surface area contributed by atoms with Crippen LogP contribution >= 0.6 is 0 Å². The molecule has 2 nitrogen and oxygen atoms in total. The van der Waals surface area contributed by atoms with Gasteiger partial charge in [0.05, 0.1) is 0 Å². The summed E-state index contributed by atoms with van der Waals surface area (Å²) in [6.45, 7) is 7.49. The van der Waals surface area contributed by atoms with Crippen LogP contribution in [0.1, 0.15) is 35.2 Å². The molecule has 0 radical (unpaired) electrons. The Morgan fingerprint density at radius 1 is 0.955 bits per heavy atom. The Morgan fingerprint density at radius 2 is 1.59 bits per heavy atom. The lowest BCUT2D eigenvalue weighted by atomic mass is 9.96. The number of benzene rings is 2. The molecule has 0 saturated carbocycles. The van der Waals surface area contributed by atoms with Crippen molar-refractivity contribution in [3.8, 4) is 0 Å². The molecule has 2 aromatic carbocycles. The molecule has 2 atom stereocenters. The third kappa shape index (κ3) is 4.43. The second-order valence-electron chi connectivity index (χ2n) is 6.17. The smallest absolute Gasteiger partial charge is 0.0474 e. The maximum Gasteiger partial charge on any atom is 0.0474 e. The summed E-state index contributed by atoms with van der Waals surface area (Å²) in [6, 6.07) is 17.2. The lowest BCUT2D eigenvalue weighted by Crippen LogP contribution is -2.29. The molecule has 0 aliphatic heterocycles. The van der Waals surface area contributed by atoms with Crippen molar-refractivity contribution < 1.29 is 5.11 Å². The fourth-order valence-corrected chi connectivity index (χ4v) is 2.88. The number of rotatable bonds is 7. The Balaban J connectivity index is 1.94. The minimum absolute atomic E-state index is 0.210. The number of aryl methyl sites for hydroxylation is 2. The minimum Gasteiger partial charge on any atom is -0.396 e. The second kappa shape index (κ2) is 8.11. The van der Waals surface area contributed by atoms with Gasteiger partial charge in [0.1, 0.15) is 0 Å². The molecule has 2 aromatic rings. The van der Waals surface area contributed by atoms with Crippen molar-refractivity contribution in [2.45, 2.75) is 33.2 Å². The van der Waals surface area contributed by atoms with Gasteiger partial charge in [-0.25, -0.2) is 0 Å². The van der Waals surface area contributed by atoms with Crippen LogP contribution < -0.4 is 5.32 Å². The van der Waals surface area contributed by atoms with Gasteiger partial charge < -0.3 is 10.4 Å². The van der Waals surface area contributed by atoms with Crippen molar-refractivity contribution in [3.63, 3.8) is 0 Å². The zero-order valence-corrected chi connectivity index (χ0v) is 13.8. The van der Waals surface area contributed by atoms with E-state index >= 15 is 0 Å². The Morgan fingerprint density at radius 3 is 2.23 bits per heavy atom. The highest BCUT2D eigenvalue weighted by Gasteiger charge is 2.13. The lowest BCUT2D eigenvalue weighted by Gasteiger charge is -2.21. The van der Waals surface area contributed by atoms with Crippen LogP contribution in [0.25, 0.3) is 0 Å². The first kappa shape index (κ1) is 16.7. The van der Waals surface area contributed by atoms with E-state index in [0.29, 0.717) is 6.04 Å². The average Bonchev–Trinajstić information content (AvgIpc) is 2.53. The molecule has 2 unspecified atom stereocenters. The highest BCUT2D eigenvalue weighted by Crippen LogP contribution is 2.18. The summed E-state index contributed by atoms with van der Waals surface area (Å²) in [5, 5.41) is 13.2. The molecule has 0 aromatic heterocycles. The first-order chi connectivity index (χ1) is 10.6. The van der Waals surface area contributed by atoms with Crippen LogP contribution in [0.5, 0.6) is 0 Å². The van der Waals surface area contributed by atoms with Crippen molar-refractivity contribution in [1.82, 2.24) is 5.32 Å². The van der Waals surface area contributed by atoms with E-state index in [1.165, 1.54) is 22.3 Å². The van der Waals surface area contributed by atoms with Gasteiger partial charge in [-0.3, -0.25) is 0 Å². The summed E-state index contributed by atoms with van der Waals surface area (Å²) in [4.78, 5) is 0. The lowest BCUT2D eigenvalue weighted by molar-refractivity contribution is 0.218. The first-order valence-corrected chi connectivity index (χ1v) is 8.06. The molecule has 0 saturated heterocycles. The normalized spacial score (nSPS) is 13.8. The molecule has 0 heterocycles. The highest BCUT2D eigenvalue weighted by atomic mass is 16.3. The zero-order chi connectivity index (χ0) is 15.9. The maximum atomic E-state index is 9.68. The van der Waals surface area contributed by atoms with Gasteiger partial charge in [-0.15, -0.1) is 0 Å². The fraction of sp³-hybridized carbons (Fsp3) is 0.400. The van der Waals surface area contributed by atoms with E-state index in [1.807, 2.05) is 0 Å². The Labute approximate surface area is 134 Å². The second-order valence-corrected chi connectivity index (χ2v) is 6.17. The van der Waals surface area contributed by atoms with Crippen LogP contribution in [0.2, 0.25) is 0 Å². The number of hydrogen-bond donors (Lipinski definition) is 2. The minimum atomic E-state index is 0.210. The molecular formula is C20H27NO. The number of hydrogen-bond acceptors (Lipinski definition) is 2. The number of nitrogens with one attached hydrogen (secondary N) is 1. The van der Waals surface area contributed by atoms with E-state index < -0.39 is 0 Å². The van der Waals surface area contributed by atoms with Crippen LogP contribution in [-0.4, -0.2) is 18.3 Å². The van der Waals surface area contributed by atoms with E-state index in [1.54, 1.807) is 0 Å². The molecule has 2 N–H and O–H groups in total. The summed E-state index contributed by atoms with van der Waals surface area (Å²) < 4.78 is 0. The Bertz CT molecular complexity index is 594. The van der Waals surface area contributed by atoms with Gasteiger partial charge in [0.25, 0.3) is 0 Å². The van der Waals surface area contributed by atoms with Crippen molar-refractivity contribution in [3.05, 3.63) is 70.8 Å². The van der Waals surface area contributed by atoms with Crippen LogP contribution in [-0.2, 0) is 6.42 Å². The standard InChI is InChI=1S/C20H27NO/c1-15-8-4-6-10-19(15)12-18(14-22)13-21-17(3)20-11-7-5-9-16(20)2/h4-11,17-18,21-22H,12-14H2,1-3H3.